The Labute approximate surface area is 104 Å². The summed E-state index contributed by atoms with van der Waals surface area (Å²) in [6.45, 7) is 3.44. The number of rotatable bonds is 6. The average Bonchev–Trinajstić information content (AvgIpc) is 2.24. The first-order valence-electron chi connectivity index (χ1n) is 5.27. The number of carbonyl (C=O) groups is 1. The van der Waals surface area contributed by atoms with Gasteiger partial charge in [-0.15, -0.1) is 0 Å². The zero-order valence-electron chi connectivity index (χ0n) is 9.24. The van der Waals surface area contributed by atoms with Crippen molar-refractivity contribution >= 4 is 21.9 Å². The molecule has 88 valence electrons. The molecule has 0 aromatic heterocycles. The van der Waals surface area contributed by atoms with Gasteiger partial charge in [0.05, 0.1) is 6.42 Å². The van der Waals surface area contributed by atoms with Crippen LogP contribution in [0.4, 0.5) is 0 Å². The molecule has 0 radical (unpaired) electrons. The van der Waals surface area contributed by atoms with Crippen molar-refractivity contribution in [1.82, 2.24) is 5.32 Å². The summed E-state index contributed by atoms with van der Waals surface area (Å²) in [5, 5.41) is 11.6. The van der Waals surface area contributed by atoms with Crippen LogP contribution in [0.3, 0.4) is 0 Å². The number of carboxylic acid groups (broad SMARTS) is 1. The van der Waals surface area contributed by atoms with Crippen molar-refractivity contribution in [3.63, 3.8) is 0 Å². The van der Waals surface area contributed by atoms with Gasteiger partial charge in [0.1, 0.15) is 0 Å². The molecule has 0 fully saturated rings. The normalized spacial score (nSPS) is 12.4. The first-order valence-corrected chi connectivity index (χ1v) is 6.07. The molecule has 0 amide bonds. The van der Waals surface area contributed by atoms with Crippen molar-refractivity contribution in [2.75, 3.05) is 13.1 Å². The smallest absolute Gasteiger partial charge is 0.304 e. The van der Waals surface area contributed by atoms with Gasteiger partial charge in [0.25, 0.3) is 0 Å². The summed E-state index contributed by atoms with van der Waals surface area (Å²) in [6.07, 6.45) is 0.172. The van der Waals surface area contributed by atoms with Crippen molar-refractivity contribution < 1.29 is 9.90 Å². The summed E-state index contributed by atoms with van der Waals surface area (Å²) >= 11 is 3.43. The molecule has 0 aliphatic carbocycles. The lowest BCUT2D eigenvalue weighted by Gasteiger charge is -2.12. The van der Waals surface area contributed by atoms with E-state index in [1.54, 1.807) is 0 Å². The fourth-order valence-corrected chi connectivity index (χ4v) is 1.86. The standard InChI is InChI=1S/C12H16BrNO2/c1-9(8-14-6-5-12(15)16)10-3-2-4-11(13)7-10/h2-4,7,9,14H,5-6,8H2,1H3,(H,15,16). The second-order valence-electron chi connectivity index (χ2n) is 3.80. The van der Waals surface area contributed by atoms with E-state index >= 15 is 0 Å². The van der Waals surface area contributed by atoms with Crippen molar-refractivity contribution in [3.05, 3.63) is 34.3 Å². The van der Waals surface area contributed by atoms with Crippen LogP contribution < -0.4 is 5.32 Å². The Hall–Kier alpha value is -0.870. The maximum Gasteiger partial charge on any atom is 0.304 e. The molecule has 3 nitrogen and oxygen atoms in total. The third kappa shape index (κ3) is 4.77. The zero-order chi connectivity index (χ0) is 12.0. The van der Waals surface area contributed by atoms with E-state index in [1.807, 2.05) is 12.1 Å². The molecule has 0 aliphatic heterocycles. The highest BCUT2D eigenvalue weighted by molar-refractivity contribution is 9.10. The molecule has 0 heterocycles. The lowest BCUT2D eigenvalue weighted by Crippen LogP contribution is -2.23. The number of hydrogen-bond acceptors (Lipinski definition) is 2. The van der Waals surface area contributed by atoms with Crippen molar-refractivity contribution in [1.29, 1.82) is 0 Å². The Kier molecular flexibility index (Phi) is 5.49. The maximum absolute atomic E-state index is 10.3. The molecule has 0 bridgehead atoms. The molecule has 0 saturated carbocycles. The van der Waals surface area contributed by atoms with Crippen LogP contribution >= 0.6 is 15.9 Å². The van der Waals surface area contributed by atoms with Crippen LogP contribution in [-0.4, -0.2) is 24.2 Å². The van der Waals surface area contributed by atoms with Gasteiger partial charge in [0, 0.05) is 17.6 Å². The summed E-state index contributed by atoms with van der Waals surface area (Å²) in [7, 11) is 0. The molecule has 0 aliphatic rings. The fourth-order valence-electron chi connectivity index (χ4n) is 1.44. The van der Waals surface area contributed by atoms with Crippen LogP contribution in [0.5, 0.6) is 0 Å². The van der Waals surface area contributed by atoms with Gasteiger partial charge in [-0.05, 0) is 23.6 Å². The van der Waals surface area contributed by atoms with E-state index in [9.17, 15) is 4.79 Å². The molecule has 0 spiro atoms. The second kappa shape index (κ2) is 6.66. The van der Waals surface area contributed by atoms with E-state index in [0.717, 1.165) is 11.0 Å². The highest BCUT2D eigenvalue weighted by atomic mass is 79.9. The number of nitrogens with one attached hydrogen (secondary N) is 1. The number of halogens is 1. The molecule has 1 unspecified atom stereocenters. The molecule has 1 rings (SSSR count). The van der Waals surface area contributed by atoms with E-state index in [-0.39, 0.29) is 6.42 Å². The first kappa shape index (κ1) is 13.2. The van der Waals surface area contributed by atoms with Crippen molar-refractivity contribution in [3.8, 4) is 0 Å². The first-order chi connectivity index (χ1) is 7.59. The molecular formula is C12H16BrNO2. The number of aliphatic carboxylic acids is 1. The van der Waals surface area contributed by atoms with E-state index in [1.165, 1.54) is 5.56 Å². The van der Waals surface area contributed by atoms with E-state index < -0.39 is 5.97 Å². The number of hydrogen-bond donors (Lipinski definition) is 2. The van der Waals surface area contributed by atoms with Crippen molar-refractivity contribution in [2.45, 2.75) is 19.3 Å². The molecule has 1 atom stereocenters. The Balaban J connectivity index is 2.35. The van der Waals surface area contributed by atoms with Gasteiger partial charge in [0.2, 0.25) is 0 Å². The minimum atomic E-state index is -0.761. The largest absolute Gasteiger partial charge is 0.481 e. The molecule has 2 N–H and O–H groups in total. The molecule has 1 aromatic carbocycles. The molecule has 4 heteroatoms. The molecular weight excluding hydrogens is 270 g/mol. The zero-order valence-corrected chi connectivity index (χ0v) is 10.8. The van der Waals surface area contributed by atoms with Crippen LogP contribution in [0, 0.1) is 0 Å². The van der Waals surface area contributed by atoms with Gasteiger partial charge < -0.3 is 10.4 Å². The van der Waals surface area contributed by atoms with Crippen molar-refractivity contribution in [2.24, 2.45) is 0 Å². The van der Waals surface area contributed by atoms with Crippen LogP contribution in [0.2, 0.25) is 0 Å². The topological polar surface area (TPSA) is 49.3 Å². The van der Waals surface area contributed by atoms with Crippen LogP contribution in [-0.2, 0) is 4.79 Å². The van der Waals surface area contributed by atoms with E-state index in [2.05, 4.69) is 40.3 Å². The molecule has 0 saturated heterocycles. The molecule has 1 aromatic rings. The van der Waals surface area contributed by atoms with Crippen LogP contribution in [0.1, 0.15) is 24.8 Å². The van der Waals surface area contributed by atoms with Gasteiger partial charge in [0.15, 0.2) is 0 Å². The van der Waals surface area contributed by atoms with Gasteiger partial charge >= 0.3 is 5.97 Å². The second-order valence-corrected chi connectivity index (χ2v) is 4.72. The summed E-state index contributed by atoms with van der Waals surface area (Å²) < 4.78 is 1.07. The summed E-state index contributed by atoms with van der Waals surface area (Å²) in [5.41, 5.74) is 1.25. The summed E-state index contributed by atoms with van der Waals surface area (Å²) in [5.74, 6) is -0.381. The maximum atomic E-state index is 10.3. The molecule has 16 heavy (non-hydrogen) atoms. The van der Waals surface area contributed by atoms with Gasteiger partial charge in [-0.2, -0.15) is 0 Å². The number of benzene rings is 1. The summed E-state index contributed by atoms with van der Waals surface area (Å²) in [6, 6.07) is 8.17. The Bertz CT molecular complexity index is 355. The third-order valence-corrected chi connectivity index (χ3v) is 2.88. The number of carboxylic acids is 1. The van der Waals surface area contributed by atoms with E-state index in [0.29, 0.717) is 12.5 Å². The Morgan fingerprint density at radius 2 is 2.31 bits per heavy atom. The lowest BCUT2D eigenvalue weighted by atomic mass is 10.0. The Morgan fingerprint density at radius 3 is 2.94 bits per heavy atom. The minimum Gasteiger partial charge on any atom is -0.481 e. The van der Waals surface area contributed by atoms with Gasteiger partial charge in [-0.1, -0.05) is 35.0 Å². The predicted molar refractivity (Wildman–Crippen MR) is 67.7 cm³/mol. The highest BCUT2D eigenvalue weighted by Gasteiger charge is 2.05. The summed E-state index contributed by atoms with van der Waals surface area (Å²) in [4.78, 5) is 10.3. The minimum absolute atomic E-state index is 0.172. The Morgan fingerprint density at radius 1 is 1.56 bits per heavy atom. The SMILES string of the molecule is CC(CNCCC(=O)O)c1cccc(Br)c1. The highest BCUT2D eigenvalue weighted by Crippen LogP contribution is 2.18. The monoisotopic (exact) mass is 285 g/mol. The van der Waals surface area contributed by atoms with E-state index in [4.69, 9.17) is 5.11 Å². The quantitative estimate of drug-likeness (QED) is 0.790. The van der Waals surface area contributed by atoms with Gasteiger partial charge in [-0.25, -0.2) is 0 Å². The lowest BCUT2D eigenvalue weighted by molar-refractivity contribution is -0.136. The van der Waals surface area contributed by atoms with Gasteiger partial charge in [-0.3, -0.25) is 4.79 Å². The van der Waals surface area contributed by atoms with Crippen LogP contribution in [0.15, 0.2) is 28.7 Å². The third-order valence-electron chi connectivity index (χ3n) is 2.38. The fraction of sp³-hybridized carbons (Fsp3) is 0.417. The van der Waals surface area contributed by atoms with Crippen LogP contribution in [0.25, 0.3) is 0 Å². The average molecular weight is 286 g/mol. The predicted octanol–water partition coefficient (Wildman–Crippen LogP) is 2.62.